The predicted octanol–water partition coefficient (Wildman–Crippen LogP) is 2.26. The first-order chi connectivity index (χ1) is 6.97. The van der Waals surface area contributed by atoms with Crippen LogP contribution in [0.5, 0.6) is 0 Å². The van der Waals surface area contributed by atoms with Crippen LogP contribution in [0, 0.1) is 0 Å². The van der Waals surface area contributed by atoms with E-state index in [1.165, 1.54) is 0 Å². The Hall–Kier alpha value is 0.200. The number of rotatable bonds is 6. The van der Waals surface area contributed by atoms with Gasteiger partial charge in [-0.25, -0.2) is 13.1 Å². The summed E-state index contributed by atoms with van der Waals surface area (Å²) in [6.07, 6.45) is 5.58. The molecular weight excluding hydrogens is 234 g/mol. The first-order valence-electron chi connectivity index (χ1n) is 5.55. The van der Waals surface area contributed by atoms with Gasteiger partial charge in [-0.1, -0.05) is 12.8 Å². The van der Waals surface area contributed by atoms with E-state index in [1.807, 2.05) is 6.92 Å². The molecule has 1 saturated carbocycles. The Morgan fingerprint density at radius 2 is 1.87 bits per heavy atom. The number of nitrogens with one attached hydrogen (secondary N) is 1. The second-order valence-corrected chi connectivity index (χ2v) is 6.80. The molecule has 1 N–H and O–H groups in total. The Kier molecular flexibility index (Phi) is 4.87. The first kappa shape index (κ1) is 13.3. The molecule has 15 heavy (non-hydrogen) atoms. The minimum Gasteiger partial charge on any atom is -0.212 e. The van der Waals surface area contributed by atoms with Gasteiger partial charge in [0, 0.05) is 11.4 Å². The third kappa shape index (κ3) is 4.70. The van der Waals surface area contributed by atoms with E-state index in [9.17, 15) is 8.42 Å². The lowest BCUT2D eigenvalue weighted by Crippen LogP contribution is -2.44. The van der Waals surface area contributed by atoms with Gasteiger partial charge in [0.15, 0.2) is 0 Å². The smallest absolute Gasteiger partial charge is 0.212 e. The van der Waals surface area contributed by atoms with E-state index in [0.29, 0.717) is 12.3 Å². The summed E-state index contributed by atoms with van der Waals surface area (Å²) in [6.45, 7) is 2.00. The van der Waals surface area contributed by atoms with Crippen molar-refractivity contribution in [3.05, 3.63) is 0 Å². The minimum atomic E-state index is -3.10. The van der Waals surface area contributed by atoms with E-state index in [0.717, 1.165) is 32.1 Å². The van der Waals surface area contributed by atoms with Gasteiger partial charge in [0.2, 0.25) is 10.0 Å². The SMILES string of the molecule is CC1(NS(=O)(=O)CCCCCl)CCCC1. The first-order valence-corrected chi connectivity index (χ1v) is 7.74. The minimum absolute atomic E-state index is 0.195. The predicted molar refractivity (Wildman–Crippen MR) is 63.7 cm³/mol. The number of hydrogen-bond acceptors (Lipinski definition) is 2. The van der Waals surface area contributed by atoms with Crippen LogP contribution in [0.2, 0.25) is 0 Å². The lowest BCUT2D eigenvalue weighted by Gasteiger charge is -2.24. The molecule has 1 aliphatic carbocycles. The van der Waals surface area contributed by atoms with Crippen LogP contribution in [0.25, 0.3) is 0 Å². The van der Waals surface area contributed by atoms with Crippen molar-refractivity contribution in [3.63, 3.8) is 0 Å². The van der Waals surface area contributed by atoms with Crippen molar-refractivity contribution in [1.82, 2.24) is 4.72 Å². The van der Waals surface area contributed by atoms with Gasteiger partial charge in [-0.2, -0.15) is 0 Å². The standard InChI is InChI=1S/C10H20ClNO2S/c1-10(6-2-3-7-10)12-15(13,14)9-5-4-8-11/h12H,2-9H2,1H3. The van der Waals surface area contributed by atoms with Crippen molar-refractivity contribution in [2.45, 2.75) is 51.0 Å². The van der Waals surface area contributed by atoms with Gasteiger partial charge in [0.05, 0.1) is 5.75 Å². The van der Waals surface area contributed by atoms with Crippen LogP contribution in [0.3, 0.4) is 0 Å². The Labute approximate surface area is 97.6 Å². The number of halogens is 1. The van der Waals surface area contributed by atoms with E-state index in [1.54, 1.807) is 0 Å². The van der Waals surface area contributed by atoms with Crippen molar-refractivity contribution >= 4 is 21.6 Å². The lowest BCUT2D eigenvalue weighted by atomic mass is 10.0. The molecule has 1 fully saturated rings. The van der Waals surface area contributed by atoms with E-state index in [4.69, 9.17) is 11.6 Å². The van der Waals surface area contributed by atoms with E-state index in [2.05, 4.69) is 4.72 Å². The molecule has 0 amide bonds. The number of hydrogen-bond donors (Lipinski definition) is 1. The highest BCUT2D eigenvalue weighted by molar-refractivity contribution is 7.89. The maximum atomic E-state index is 11.7. The molecule has 0 spiro atoms. The second-order valence-electron chi connectivity index (χ2n) is 4.58. The summed E-state index contributed by atoms with van der Waals surface area (Å²) < 4.78 is 26.2. The van der Waals surface area contributed by atoms with Gasteiger partial charge in [0.1, 0.15) is 0 Å². The summed E-state index contributed by atoms with van der Waals surface area (Å²) in [5.41, 5.74) is -0.195. The molecule has 0 radical (unpaired) electrons. The molecule has 0 atom stereocenters. The fraction of sp³-hybridized carbons (Fsp3) is 1.00. The zero-order valence-electron chi connectivity index (χ0n) is 9.26. The summed E-state index contributed by atoms with van der Waals surface area (Å²) >= 11 is 5.51. The van der Waals surface area contributed by atoms with Gasteiger partial charge in [-0.15, -0.1) is 11.6 Å². The molecule has 0 bridgehead atoms. The molecule has 0 aromatic rings. The molecule has 0 unspecified atom stereocenters. The number of unbranched alkanes of at least 4 members (excludes halogenated alkanes) is 1. The number of sulfonamides is 1. The van der Waals surface area contributed by atoms with E-state index >= 15 is 0 Å². The van der Waals surface area contributed by atoms with Crippen molar-refractivity contribution in [2.75, 3.05) is 11.6 Å². The maximum Gasteiger partial charge on any atom is 0.212 e. The molecule has 1 aliphatic rings. The van der Waals surface area contributed by atoms with E-state index < -0.39 is 10.0 Å². The summed E-state index contributed by atoms with van der Waals surface area (Å²) in [7, 11) is -3.10. The molecule has 3 nitrogen and oxygen atoms in total. The lowest BCUT2D eigenvalue weighted by molar-refractivity contribution is 0.427. The normalized spacial score (nSPS) is 20.7. The molecule has 90 valence electrons. The summed E-state index contributed by atoms with van der Waals surface area (Å²) in [6, 6.07) is 0. The highest BCUT2D eigenvalue weighted by Gasteiger charge is 2.32. The van der Waals surface area contributed by atoms with Gasteiger partial charge >= 0.3 is 0 Å². The average molecular weight is 254 g/mol. The Balaban J connectivity index is 2.41. The quantitative estimate of drug-likeness (QED) is 0.583. The topological polar surface area (TPSA) is 46.2 Å². The second kappa shape index (κ2) is 5.51. The number of alkyl halides is 1. The van der Waals surface area contributed by atoms with Gasteiger partial charge < -0.3 is 0 Å². The van der Waals surface area contributed by atoms with Crippen LogP contribution >= 0.6 is 11.6 Å². The third-order valence-electron chi connectivity index (χ3n) is 2.91. The highest BCUT2D eigenvalue weighted by atomic mass is 35.5. The third-order valence-corrected chi connectivity index (χ3v) is 4.80. The largest absolute Gasteiger partial charge is 0.212 e. The van der Waals surface area contributed by atoms with Crippen molar-refractivity contribution < 1.29 is 8.42 Å². The van der Waals surface area contributed by atoms with Crippen LogP contribution in [0.15, 0.2) is 0 Å². The van der Waals surface area contributed by atoms with Crippen molar-refractivity contribution in [3.8, 4) is 0 Å². The monoisotopic (exact) mass is 253 g/mol. The Morgan fingerprint density at radius 3 is 2.40 bits per heavy atom. The van der Waals surface area contributed by atoms with Crippen molar-refractivity contribution in [1.29, 1.82) is 0 Å². The molecule has 0 heterocycles. The van der Waals surface area contributed by atoms with Crippen molar-refractivity contribution in [2.24, 2.45) is 0 Å². The Morgan fingerprint density at radius 1 is 1.27 bits per heavy atom. The molecule has 1 rings (SSSR count). The zero-order valence-corrected chi connectivity index (χ0v) is 10.8. The molecular formula is C10H20ClNO2S. The average Bonchev–Trinajstić information content (AvgIpc) is 2.50. The van der Waals surface area contributed by atoms with Gasteiger partial charge in [-0.05, 0) is 32.6 Å². The molecule has 0 aliphatic heterocycles. The molecule has 0 saturated heterocycles. The van der Waals surface area contributed by atoms with E-state index in [-0.39, 0.29) is 11.3 Å². The molecule has 0 aromatic carbocycles. The maximum absolute atomic E-state index is 11.7. The summed E-state index contributed by atoms with van der Waals surface area (Å²) in [5, 5.41) is 0. The molecule has 5 heteroatoms. The summed E-state index contributed by atoms with van der Waals surface area (Å²) in [4.78, 5) is 0. The Bertz CT molecular complexity index is 284. The zero-order chi connectivity index (χ0) is 11.4. The van der Waals surface area contributed by atoms with Crippen LogP contribution in [0.1, 0.15) is 45.4 Å². The molecule has 0 aromatic heterocycles. The highest BCUT2D eigenvalue weighted by Crippen LogP contribution is 2.29. The fourth-order valence-corrected chi connectivity index (χ4v) is 3.90. The van der Waals surface area contributed by atoms with Gasteiger partial charge in [-0.3, -0.25) is 0 Å². The van der Waals surface area contributed by atoms with Crippen LogP contribution in [0.4, 0.5) is 0 Å². The van der Waals surface area contributed by atoms with Gasteiger partial charge in [0.25, 0.3) is 0 Å². The van der Waals surface area contributed by atoms with Crippen LogP contribution < -0.4 is 4.72 Å². The fourth-order valence-electron chi connectivity index (χ4n) is 2.07. The van der Waals surface area contributed by atoms with Crippen LogP contribution in [-0.4, -0.2) is 25.6 Å². The summed E-state index contributed by atoms with van der Waals surface area (Å²) in [5.74, 6) is 0.738. The van der Waals surface area contributed by atoms with Crippen LogP contribution in [-0.2, 0) is 10.0 Å².